The van der Waals surface area contributed by atoms with Gasteiger partial charge < -0.3 is 19.5 Å². The number of unbranched alkanes of at least 4 members (excludes halogenated alkanes) is 1. The molecule has 196 valence electrons. The van der Waals surface area contributed by atoms with Crippen LogP contribution in [-0.4, -0.2) is 26.3 Å². The Hall–Kier alpha value is -3.03. The highest BCUT2D eigenvalue weighted by atomic mass is 19.4. The lowest BCUT2D eigenvalue weighted by Gasteiger charge is -2.31. The van der Waals surface area contributed by atoms with Crippen molar-refractivity contribution in [3.63, 3.8) is 0 Å². The molecule has 4 nitrogen and oxygen atoms in total. The Balaban J connectivity index is 1.16. The van der Waals surface area contributed by atoms with E-state index in [0.29, 0.717) is 31.8 Å². The zero-order chi connectivity index (χ0) is 25.7. The summed E-state index contributed by atoms with van der Waals surface area (Å²) < 4.78 is 58.1. The first-order chi connectivity index (χ1) is 18.0. The third-order valence-electron chi connectivity index (χ3n) is 7.16. The molecule has 0 bridgehead atoms. The van der Waals surface area contributed by atoms with E-state index in [2.05, 4.69) is 11.4 Å². The molecule has 0 spiro atoms. The number of fused-ring (bicyclic) bond motifs is 2. The maximum atomic E-state index is 13.5. The van der Waals surface area contributed by atoms with E-state index in [1.807, 2.05) is 36.4 Å². The minimum absolute atomic E-state index is 0.405. The van der Waals surface area contributed by atoms with Crippen molar-refractivity contribution in [2.24, 2.45) is 0 Å². The summed E-state index contributed by atoms with van der Waals surface area (Å²) in [4.78, 5) is 0. The van der Waals surface area contributed by atoms with Crippen LogP contribution in [0.25, 0.3) is 0 Å². The number of hydrogen-bond donors (Lipinski definition) is 1. The standard InChI is InChI=1S/C30H32F3NO3/c31-30(32,33)25-12-6-11-24(20-25)29(26-13-2-1-8-23(26)21-37-29)15-3-4-16-34-17-7-10-22-9-5-14-27-28(22)36-19-18-35-27/h1-2,5-6,8-9,11-14,20,34H,3-4,7,10,15-19,21H2. The molecule has 1 N–H and O–H groups in total. The van der Waals surface area contributed by atoms with Gasteiger partial charge in [-0.15, -0.1) is 0 Å². The highest BCUT2D eigenvalue weighted by Crippen LogP contribution is 2.46. The third-order valence-corrected chi connectivity index (χ3v) is 7.16. The van der Waals surface area contributed by atoms with Gasteiger partial charge in [-0.05, 0) is 85.6 Å². The van der Waals surface area contributed by atoms with Crippen molar-refractivity contribution < 1.29 is 27.4 Å². The zero-order valence-electron chi connectivity index (χ0n) is 20.8. The molecule has 2 aliphatic rings. The molecular formula is C30H32F3NO3. The molecule has 1 unspecified atom stereocenters. The Bertz CT molecular complexity index is 1210. The molecule has 0 amide bonds. The van der Waals surface area contributed by atoms with E-state index in [9.17, 15) is 13.2 Å². The number of aryl methyl sites for hydroxylation is 1. The monoisotopic (exact) mass is 511 g/mol. The van der Waals surface area contributed by atoms with Crippen molar-refractivity contribution in [1.29, 1.82) is 0 Å². The summed E-state index contributed by atoms with van der Waals surface area (Å²) in [5.41, 5.74) is 2.24. The van der Waals surface area contributed by atoms with Crippen molar-refractivity contribution in [2.75, 3.05) is 26.3 Å². The smallest absolute Gasteiger partial charge is 0.416 e. The fourth-order valence-corrected chi connectivity index (χ4v) is 5.34. The molecular weight excluding hydrogens is 479 g/mol. The lowest BCUT2D eigenvalue weighted by molar-refractivity contribution is -0.137. The summed E-state index contributed by atoms with van der Waals surface area (Å²) in [7, 11) is 0. The second-order valence-corrected chi connectivity index (χ2v) is 9.60. The molecule has 0 fully saturated rings. The lowest BCUT2D eigenvalue weighted by atomic mass is 9.81. The maximum absolute atomic E-state index is 13.5. The van der Waals surface area contributed by atoms with Gasteiger partial charge in [0, 0.05) is 0 Å². The summed E-state index contributed by atoms with van der Waals surface area (Å²) in [5, 5.41) is 3.50. The van der Waals surface area contributed by atoms with Crippen molar-refractivity contribution >= 4 is 0 Å². The molecule has 37 heavy (non-hydrogen) atoms. The van der Waals surface area contributed by atoms with Gasteiger partial charge in [0.25, 0.3) is 0 Å². The van der Waals surface area contributed by atoms with Gasteiger partial charge in [0.05, 0.1) is 12.2 Å². The molecule has 5 rings (SSSR count). The van der Waals surface area contributed by atoms with Gasteiger partial charge in [0.15, 0.2) is 11.5 Å². The molecule has 2 heterocycles. The summed E-state index contributed by atoms with van der Waals surface area (Å²) in [5.74, 6) is 1.69. The van der Waals surface area contributed by atoms with Gasteiger partial charge in [-0.2, -0.15) is 13.2 Å². The molecule has 0 aliphatic carbocycles. The summed E-state index contributed by atoms with van der Waals surface area (Å²) in [6.07, 6.45) is -0.149. The summed E-state index contributed by atoms with van der Waals surface area (Å²) >= 11 is 0. The van der Waals surface area contributed by atoms with Crippen molar-refractivity contribution in [3.8, 4) is 11.5 Å². The normalized spacial score (nSPS) is 18.6. The fourth-order valence-electron chi connectivity index (χ4n) is 5.34. The molecule has 7 heteroatoms. The Morgan fingerprint density at radius 3 is 2.54 bits per heavy atom. The number of rotatable bonds is 10. The van der Waals surface area contributed by atoms with Crippen LogP contribution in [0.4, 0.5) is 13.2 Å². The largest absolute Gasteiger partial charge is 0.486 e. The molecule has 0 saturated carbocycles. The Labute approximate surface area is 215 Å². The van der Waals surface area contributed by atoms with Gasteiger partial charge >= 0.3 is 6.18 Å². The van der Waals surface area contributed by atoms with E-state index in [1.165, 1.54) is 17.7 Å². The number of benzene rings is 3. The van der Waals surface area contributed by atoms with Crippen molar-refractivity contribution in [3.05, 3.63) is 94.5 Å². The number of para-hydroxylation sites is 1. The number of ether oxygens (including phenoxy) is 3. The van der Waals surface area contributed by atoms with E-state index in [4.69, 9.17) is 14.2 Å². The first kappa shape index (κ1) is 25.6. The summed E-state index contributed by atoms with van der Waals surface area (Å²) in [6, 6.07) is 19.5. The Morgan fingerprint density at radius 1 is 0.838 bits per heavy atom. The van der Waals surface area contributed by atoms with Crippen LogP contribution < -0.4 is 14.8 Å². The van der Waals surface area contributed by atoms with Crippen LogP contribution in [0.3, 0.4) is 0 Å². The highest BCUT2D eigenvalue weighted by molar-refractivity contribution is 5.47. The topological polar surface area (TPSA) is 39.7 Å². The van der Waals surface area contributed by atoms with Crippen molar-refractivity contribution in [1.82, 2.24) is 5.32 Å². The molecule has 0 radical (unpaired) electrons. The average molecular weight is 512 g/mol. The molecule has 1 atom stereocenters. The van der Waals surface area contributed by atoms with Gasteiger partial charge in [0.1, 0.15) is 18.8 Å². The van der Waals surface area contributed by atoms with Gasteiger partial charge in [0.2, 0.25) is 0 Å². The molecule has 2 aliphatic heterocycles. The average Bonchev–Trinajstić information content (AvgIpc) is 3.29. The quantitative estimate of drug-likeness (QED) is 0.310. The van der Waals surface area contributed by atoms with Crippen LogP contribution >= 0.6 is 0 Å². The van der Waals surface area contributed by atoms with Crippen LogP contribution in [-0.2, 0) is 29.5 Å². The Morgan fingerprint density at radius 2 is 1.65 bits per heavy atom. The lowest BCUT2D eigenvalue weighted by Crippen LogP contribution is -2.28. The minimum Gasteiger partial charge on any atom is -0.486 e. The minimum atomic E-state index is -4.39. The number of nitrogens with one attached hydrogen (secondary N) is 1. The second kappa shape index (κ2) is 11.2. The van der Waals surface area contributed by atoms with Crippen LogP contribution in [0.1, 0.15) is 53.5 Å². The van der Waals surface area contributed by atoms with Crippen LogP contribution in [0, 0.1) is 0 Å². The number of halogens is 3. The van der Waals surface area contributed by atoms with Gasteiger partial charge in [-0.1, -0.05) is 48.5 Å². The predicted octanol–water partition coefficient (Wildman–Crippen LogP) is 6.64. The SMILES string of the molecule is FC(F)(F)c1cccc(C2(CCCCNCCCc3cccc4c3OCCO4)OCc3ccccc32)c1. The van der Waals surface area contributed by atoms with Crippen LogP contribution in [0.2, 0.25) is 0 Å². The van der Waals surface area contributed by atoms with E-state index in [1.54, 1.807) is 6.07 Å². The first-order valence-corrected chi connectivity index (χ1v) is 13.0. The third kappa shape index (κ3) is 5.63. The predicted molar refractivity (Wildman–Crippen MR) is 136 cm³/mol. The fraction of sp³-hybridized carbons (Fsp3) is 0.400. The van der Waals surface area contributed by atoms with E-state index < -0.39 is 17.3 Å². The number of hydrogen-bond acceptors (Lipinski definition) is 4. The first-order valence-electron chi connectivity index (χ1n) is 13.0. The van der Waals surface area contributed by atoms with Gasteiger partial charge in [-0.25, -0.2) is 0 Å². The van der Waals surface area contributed by atoms with E-state index >= 15 is 0 Å². The summed E-state index contributed by atoms with van der Waals surface area (Å²) in [6.45, 7) is 3.29. The maximum Gasteiger partial charge on any atom is 0.416 e. The highest BCUT2D eigenvalue weighted by Gasteiger charge is 2.42. The molecule has 3 aromatic rings. The number of alkyl halides is 3. The van der Waals surface area contributed by atoms with E-state index in [0.717, 1.165) is 67.5 Å². The van der Waals surface area contributed by atoms with E-state index in [-0.39, 0.29) is 0 Å². The van der Waals surface area contributed by atoms with Crippen molar-refractivity contribution in [2.45, 2.75) is 50.5 Å². The van der Waals surface area contributed by atoms with Gasteiger partial charge in [-0.3, -0.25) is 0 Å². The van der Waals surface area contributed by atoms with Crippen LogP contribution in [0.15, 0.2) is 66.7 Å². The van der Waals surface area contributed by atoms with Crippen LogP contribution in [0.5, 0.6) is 11.5 Å². The Kier molecular flexibility index (Phi) is 7.72. The second-order valence-electron chi connectivity index (χ2n) is 9.60. The molecule has 0 saturated heterocycles. The molecule has 0 aromatic heterocycles. The zero-order valence-corrected chi connectivity index (χ0v) is 20.8. The molecule has 3 aromatic carbocycles.